The third-order valence-corrected chi connectivity index (χ3v) is 4.45. The zero-order chi connectivity index (χ0) is 17.6. The first-order valence-corrected chi connectivity index (χ1v) is 8.72. The quantitative estimate of drug-likeness (QED) is 0.735. The second-order valence-electron chi connectivity index (χ2n) is 6.15. The summed E-state index contributed by atoms with van der Waals surface area (Å²) in [7, 11) is 0. The number of hydrogen-bond acceptors (Lipinski definition) is 3. The third kappa shape index (κ3) is 6.28. The largest absolute Gasteiger partial charge is 0.325 e. The van der Waals surface area contributed by atoms with E-state index in [9.17, 15) is 9.59 Å². The Morgan fingerprint density at radius 2 is 2.00 bits per heavy atom. The Morgan fingerprint density at radius 1 is 1.35 bits per heavy atom. The molecule has 0 aliphatic rings. The van der Waals surface area contributed by atoms with Crippen LogP contribution in [0.25, 0.3) is 0 Å². The molecular formula is C17H23ClN2O2S. The molecule has 0 spiro atoms. The van der Waals surface area contributed by atoms with Crippen LogP contribution in [0.1, 0.15) is 27.7 Å². The normalized spacial score (nSPS) is 12.4. The maximum Gasteiger partial charge on any atom is 0.237 e. The minimum Gasteiger partial charge on any atom is -0.325 e. The van der Waals surface area contributed by atoms with Crippen LogP contribution in [0.2, 0.25) is 5.02 Å². The van der Waals surface area contributed by atoms with E-state index < -0.39 is 5.41 Å². The number of nitrogens with one attached hydrogen (secondary N) is 2. The average Bonchev–Trinajstić information content (AvgIpc) is 2.46. The van der Waals surface area contributed by atoms with E-state index in [0.717, 1.165) is 0 Å². The summed E-state index contributed by atoms with van der Waals surface area (Å²) in [6.07, 6.45) is 1.76. The van der Waals surface area contributed by atoms with Crippen molar-refractivity contribution >= 4 is 46.6 Å². The lowest BCUT2D eigenvalue weighted by molar-refractivity contribution is -0.123. The van der Waals surface area contributed by atoms with Gasteiger partial charge in [-0.1, -0.05) is 38.4 Å². The summed E-state index contributed by atoms with van der Waals surface area (Å²) < 4.78 is 0. The number of amides is 2. The molecule has 0 saturated heterocycles. The van der Waals surface area contributed by atoms with E-state index in [1.807, 2.05) is 27.7 Å². The number of carbonyl (C=O) groups excluding carboxylic acids is 2. The molecule has 0 saturated carbocycles. The molecule has 0 aliphatic carbocycles. The first-order chi connectivity index (χ1) is 10.6. The van der Waals surface area contributed by atoms with E-state index in [1.165, 1.54) is 11.8 Å². The van der Waals surface area contributed by atoms with E-state index in [0.29, 0.717) is 22.2 Å². The molecule has 1 rings (SSSR count). The van der Waals surface area contributed by atoms with Crippen molar-refractivity contribution in [1.82, 2.24) is 0 Å². The fraction of sp³-hybridized carbons (Fsp3) is 0.412. The van der Waals surface area contributed by atoms with Gasteiger partial charge in [0.2, 0.25) is 11.8 Å². The van der Waals surface area contributed by atoms with Crippen molar-refractivity contribution in [2.75, 3.05) is 16.4 Å². The predicted molar refractivity (Wildman–Crippen MR) is 100 cm³/mol. The molecule has 0 heterocycles. The number of thioether (sulfide) groups is 1. The van der Waals surface area contributed by atoms with Crippen LogP contribution in [0.4, 0.5) is 11.4 Å². The van der Waals surface area contributed by atoms with Gasteiger partial charge in [-0.2, -0.15) is 0 Å². The molecule has 4 nitrogen and oxygen atoms in total. The molecule has 1 atom stereocenters. The zero-order valence-corrected chi connectivity index (χ0v) is 15.5. The minimum atomic E-state index is -0.506. The molecule has 2 amide bonds. The lowest BCUT2D eigenvalue weighted by atomic mass is 9.95. The van der Waals surface area contributed by atoms with Crippen LogP contribution >= 0.6 is 23.4 Å². The summed E-state index contributed by atoms with van der Waals surface area (Å²) in [6.45, 7) is 10.9. The van der Waals surface area contributed by atoms with Crippen LogP contribution in [-0.2, 0) is 9.59 Å². The fourth-order valence-corrected chi connectivity index (χ4v) is 2.40. The Kier molecular flexibility index (Phi) is 7.16. The highest BCUT2D eigenvalue weighted by Gasteiger charge is 2.22. The van der Waals surface area contributed by atoms with Crippen molar-refractivity contribution in [3.8, 4) is 0 Å². The Morgan fingerprint density at radius 3 is 2.52 bits per heavy atom. The first kappa shape index (κ1) is 19.6. The number of carbonyl (C=O) groups is 2. The second-order valence-corrected chi connectivity index (χ2v) is 7.93. The van der Waals surface area contributed by atoms with Gasteiger partial charge in [0.05, 0.1) is 16.0 Å². The van der Waals surface area contributed by atoms with Gasteiger partial charge >= 0.3 is 0 Å². The smallest absolute Gasteiger partial charge is 0.237 e. The summed E-state index contributed by atoms with van der Waals surface area (Å²) in [5, 5.41) is 5.79. The van der Waals surface area contributed by atoms with Gasteiger partial charge in [-0.25, -0.2) is 0 Å². The minimum absolute atomic E-state index is 0.0978. The molecule has 0 aliphatic heterocycles. The third-order valence-electron chi connectivity index (χ3n) is 3.00. The lowest BCUT2D eigenvalue weighted by Gasteiger charge is -2.18. The van der Waals surface area contributed by atoms with Gasteiger partial charge in [0.15, 0.2) is 0 Å². The summed E-state index contributed by atoms with van der Waals surface area (Å²) in [5.41, 5.74) is 0.618. The van der Waals surface area contributed by atoms with Gasteiger partial charge in [-0.3, -0.25) is 9.59 Å². The summed E-state index contributed by atoms with van der Waals surface area (Å²) in [5.74, 6) is 0.498. The molecule has 23 heavy (non-hydrogen) atoms. The number of halogens is 1. The monoisotopic (exact) mass is 354 g/mol. The van der Waals surface area contributed by atoms with Gasteiger partial charge in [-0.15, -0.1) is 18.3 Å². The van der Waals surface area contributed by atoms with Crippen molar-refractivity contribution in [3.63, 3.8) is 0 Å². The maximum absolute atomic E-state index is 12.0. The molecule has 0 aromatic heterocycles. The van der Waals surface area contributed by atoms with Crippen LogP contribution in [0.3, 0.4) is 0 Å². The van der Waals surface area contributed by atoms with E-state index >= 15 is 0 Å². The molecule has 126 valence electrons. The summed E-state index contributed by atoms with van der Waals surface area (Å²) in [4.78, 5) is 24.0. The second kappa shape index (κ2) is 8.41. The van der Waals surface area contributed by atoms with Gasteiger partial charge < -0.3 is 10.6 Å². The fourth-order valence-electron chi connectivity index (χ4n) is 1.54. The molecule has 0 unspecified atom stereocenters. The highest BCUT2D eigenvalue weighted by Crippen LogP contribution is 2.28. The number of anilines is 2. The lowest BCUT2D eigenvalue weighted by Crippen LogP contribution is -2.27. The molecule has 0 fully saturated rings. The SMILES string of the molecule is C=CCS[C@@H](C)C(=O)Nc1ccc(NC(=O)C(C)(C)C)c(Cl)c1. The molecule has 2 N–H and O–H groups in total. The van der Waals surface area contributed by atoms with E-state index in [1.54, 1.807) is 24.3 Å². The topological polar surface area (TPSA) is 58.2 Å². The van der Waals surface area contributed by atoms with Crippen molar-refractivity contribution in [3.05, 3.63) is 35.9 Å². The van der Waals surface area contributed by atoms with Crippen LogP contribution in [0, 0.1) is 5.41 Å². The average molecular weight is 355 g/mol. The van der Waals surface area contributed by atoms with Crippen molar-refractivity contribution in [2.45, 2.75) is 32.9 Å². The summed E-state index contributed by atoms with van der Waals surface area (Å²) >= 11 is 7.69. The predicted octanol–water partition coefficient (Wildman–Crippen LogP) is 4.57. The summed E-state index contributed by atoms with van der Waals surface area (Å²) in [6, 6.07) is 5.03. The highest BCUT2D eigenvalue weighted by molar-refractivity contribution is 8.00. The number of rotatable bonds is 6. The van der Waals surface area contributed by atoms with Crippen LogP contribution in [0.5, 0.6) is 0 Å². The molecule has 0 bridgehead atoms. The zero-order valence-electron chi connectivity index (χ0n) is 13.9. The van der Waals surface area contributed by atoms with E-state index in [-0.39, 0.29) is 17.1 Å². The Balaban J connectivity index is 2.74. The highest BCUT2D eigenvalue weighted by atomic mass is 35.5. The van der Waals surface area contributed by atoms with Gasteiger partial charge in [0, 0.05) is 16.9 Å². The van der Waals surface area contributed by atoms with Crippen molar-refractivity contribution in [1.29, 1.82) is 0 Å². The van der Waals surface area contributed by atoms with Crippen LogP contribution in [0.15, 0.2) is 30.9 Å². The molecule has 0 radical (unpaired) electrons. The van der Waals surface area contributed by atoms with E-state index in [4.69, 9.17) is 11.6 Å². The number of benzene rings is 1. The Bertz CT molecular complexity index is 597. The Labute approximate surface area is 147 Å². The van der Waals surface area contributed by atoms with Crippen molar-refractivity contribution in [2.24, 2.45) is 5.41 Å². The van der Waals surface area contributed by atoms with Crippen LogP contribution < -0.4 is 10.6 Å². The van der Waals surface area contributed by atoms with Crippen LogP contribution in [-0.4, -0.2) is 22.8 Å². The molecular weight excluding hydrogens is 332 g/mol. The molecule has 6 heteroatoms. The standard InChI is InChI=1S/C17H23ClN2O2S/c1-6-9-23-11(2)15(21)19-12-7-8-14(13(18)10-12)20-16(22)17(3,4)5/h6-8,10-11H,1,9H2,2-5H3,(H,19,21)(H,20,22)/t11-/m0/s1. The van der Waals surface area contributed by atoms with Crippen molar-refractivity contribution < 1.29 is 9.59 Å². The molecule has 1 aromatic rings. The van der Waals surface area contributed by atoms with E-state index in [2.05, 4.69) is 17.2 Å². The van der Waals surface area contributed by atoms with Gasteiger partial charge in [0.1, 0.15) is 0 Å². The molecule has 1 aromatic carbocycles. The van der Waals surface area contributed by atoms with Gasteiger partial charge in [-0.05, 0) is 25.1 Å². The number of hydrogen-bond donors (Lipinski definition) is 2. The Hall–Kier alpha value is -1.46. The van der Waals surface area contributed by atoms with Gasteiger partial charge in [0.25, 0.3) is 0 Å². The maximum atomic E-state index is 12.0. The first-order valence-electron chi connectivity index (χ1n) is 7.29.